The third kappa shape index (κ3) is 3.52. The van der Waals surface area contributed by atoms with Gasteiger partial charge >= 0.3 is 4.87 Å². The number of aryl methyl sites for hydroxylation is 2. The Morgan fingerprint density at radius 1 is 1.33 bits per heavy atom. The lowest BCUT2D eigenvalue weighted by Gasteiger charge is -2.10. The highest BCUT2D eigenvalue weighted by atomic mass is 32.1. The van der Waals surface area contributed by atoms with Gasteiger partial charge in [0.1, 0.15) is 0 Å². The van der Waals surface area contributed by atoms with Gasteiger partial charge in [-0.05, 0) is 38.5 Å². The van der Waals surface area contributed by atoms with Gasteiger partial charge < -0.3 is 15.6 Å². The van der Waals surface area contributed by atoms with Gasteiger partial charge in [0.15, 0.2) is 0 Å². The molecule has 112 valence electrons. The number of nitrogens with zero attached hydrogens (tertiary/aromatic N) is 1. The molecule has 3 N–H and O–H groups in total. The second kappa shape index (κ2) is 6.13. The number of anilines is 2. The largest absolute Gasteiger partial charge is 0.399 e. The van der Waals surface area contributed by atoms with Crippen LogP contribution in [0.25, 0.3) is 0 Å². The minimum absolute atomic E-state index is 0.0158. The van der Waals surface area contributed by atoms with Crippen LogP contribution >= 0.6 is 11.3 Å². The molecule has 1 amide bonds. The number of nitrogens with one attached hydrogen (secondary N) is 1. The predicted octanol–water partition coefficient (Wildman–Crippen LogP) is 2.45. The van der Waals surface area contributed by atoms with Gasteiger partial charge in [0, 0.05) is 34.9 Å². The van der Waals surface area contributed by atoms with E-state index in [9.17, 15) is 9.59 Å². The minimum atomic E-state index is -0.126. The summed E-state index contributed by atoms with van der Waals surface area (Å²) in [6.07, 6.45) is 0.255. The van der Waals surface area contributed by atoms with Crippen LogP contribution in [0.1, 0.15) is 22.6 Å². The first-order chi connectivity index (χ1) is 9.88. The van der Waals surface area contributed by atoms with Crippen molar-refractivity contribution in [1.29, 1.82) is 0 Å². The van der Waals surface area contributed by atoms with E-state index in [-0.39, 0.29) is 17.2 Å². The van der Waals surface area contributed by atoms with E-state index in [0.29, 0.717) is 17.9 Å². The van der Waals surface area contributed by atoms with Crippen LogP contribution in [0.2, 0.25) is 0 Å². The molecule has 0 saturated heterocycles. The Hall–Kier alpha value is -2.08. The van der Waals surface area contributed by atoms with E-state index in [1.54, 1.807) is 16.7 Å². The second-order valence-corrected chi connectivity index (χ2v) is 6.20. The van der Waals surface area contributed by atoms with Crippen molar-refractivity contribution in [2.24, 2.45) is 0 Å². The smallest absolute Gasteiger partial charge is 0.307 e. The van der Waals surface area contributed by atoms with Crippen LogP contribution < -0.4 is 15.9 Å². The van der Waals surface area contributed by atoms with E-state index in [2.05, 4.69) is 5.32 Å². The first-order valence-corrected chi connectivity index (χ1v) is 7.53. The fourth-order valence-electron chi connectivity index (χ4n) is 2.05. The van der Waals surface area contributed by atoms with Gasteiger partial charge in [0.25, 0.3) is 0 Å². The Labute approximate surface area is 127 Å². The molecule has 0 bridgehead atoms. The Morgan fingerprint density at radius 2 is 2.05 bits per heavy atom. The van der Waals surface area contributed by atoms with E-state index in [4.69, 9.17) is 5.73 Å². The first kappa shape index (κ1) is 15.3. The van der Waals surface area contributed by atoms with Crippen LogP contribution in [0.5, 0.6) is 0 Å². The molecule has 0 aliphatic heterocycles. The normalized spacial score (nSPS) is 10.6. The molecule has 6 heteroatoms. The number of nitrogens with two attached hydrogens (primary N) is 1. The Bertz CT molecular complexity index is 731. The minimum Gasteiger partial charge on any atom is -0.399 e. The number of aromatic nitrogens is 1. The molecule has 0 aliphatic carbocycles. The molecule has 1 heterocycles. The summed E-state index contributed by atoms with van der Waals surface area (Å²) >= 11 is 1.22. The number of hydrogen-bond donors (Lipinski definition) is 2. The average molecular weight is 305 g/mol. The summed E-state index contributed by atoms with van der Waals surface area (Å²) in [6, 6.07) is 5.39. The fraction of sp³-hybridized carbons (Fsp3) is 0.333. The molecular weight excluding hydrogens is 286 g/mol. The van der Waals surface area contributed by atoms with Crippen LogP contribution in [0, 0.1) is 20.8 Å². The van der Waals surface area contributed by atoms with E-state index < -0.39 is 0 Å². The number of thiazole rings is 1. The zero-order valence-corrected chi connectivity index (χ0v) is 13.2. The van der Waals surface area contributed by atoms with Crippen LogP contribution in [0.3, 0.4) is 0 Å². The fourth-order valence-corrected chi connectivity index (χ4v) is 2.90. The molecular formula is C15H19N3O2S. The number of benzene rings is 1. The highest BCUT2D eigenvalue weighted by Gasteiger charge is 2.10. The molecule has 5 nitrogen and oxygen atoms in total. The highest BCUT2D eigenvalue weighted by Crippen LogP contribution is 2.18. The van der Waals surface area contributed by atoms with Crippen molar-refractivity contribution in [2.45, 2.75) is 33.7 Å². The van der Waals surface area contributed by atoms with Gasteiger partial charge in [-0.15, -0.1) is 0 Å². The van der Waals surface area contributed by atoms with Crippen LogP contribution in [-0.4, -0.2) is 10.5 Å². The van der Waals surface area contributed by atoms with E-state index in [0.717, 1.165) is 16.1 Å². The summed E-state index contributed by atoms with van der Waals surface area (Å²) in [7, 11) is 0. The van der Waals surface area contributed by atoms with E-state index >= 15 is 0 Å². The van der Waals surface area contributed by atoms with Gasteiger partial charge in [-0.3, -0.25) is 9.59 Å². The number of amides is 1. The topological polar surface area (TPSA) is 77.1 Å². The second-order valence-electron chi connectivity index (χ2n) is 5.03. The first-order valence-electron chi connectivity index (χ1n) is 6.71. The third-order valence-corrected chi connectivity index (χ3v) is 4.47. The van der Waals surface area contributed by atoms with Crippen LogP contribution in [0.4, 0.5) is 11.4 Å². The summed E-state index contributed by atoms with van der Waals surface area (Å²) in [5, 5.41) is 2.84. The summed E-state index contributed by atoms with van der Waals surface area (Å²) < 4.78 is 1.64. The predicted molar refractivity (Wildman–Crippen MR) is 86.9 cm³/mol. The summed E-state index contributed by atoms with van der Waals surface area (Å²) in [4.78, 5) is 24.8. The maximum Gasteiger partial charge on any atom is 0.307 e. The zero-order valence-electron chi connectivity index (χ0n) is 12.4. The monoisotopic (exact) mass is 305 g/mol. The van der Waals surface area contributed by atoms with Crippen LogP contribution in [0.15, 0.2) is 23.0 Å². The van der Waals surface area contributed by atoms with Gasteiger partial charge in [0.05, 0.1) is 0 Å². The lowest BCUT2D eigenvalue weighted by atomic mass is 10.2. The summed E-state index contributed by atoms with van der Waals surface area (Å²) in [5.74, 6) is -0.126. The van der Waals surface area contributed by atoms with Crippen molar-refractivity contribution in [3.8, 4) is 0 Å². The molecule has 0 radical (unpaired) electrons. The standard InChI is InChI=1S/C15H19N3O2S/c1-9-4-5-12(16)8-13(9)17-14(19)6-7-18-10(2)11(3)21-15(18)20/h4-5,8H,6-7,16H2,1-3H3,(H,17,19). The average Bonchev–Trinajstić information content (AvgIpc) is 2.66. The lowest BCUT2D eigenvalue weighted by molar-refractivity contribution is -0.116. The molecule has 0 fully saturated rings. The van der Waals surface area contributed by atoms with Crippen molar-refractivity contribution < 1.29 is 4.79 Å². The Kier molecular flexibility index (Phi) is 4.47. The number of carbonyl (C=O) groups is 1. The maximum atomic E-state index is 12.0. The van der Waals surface area contributed by atoms with E-state index in [1.807, 2.05) is 26.8 Å². The Morgan fingerprint density at radius 3 is 2.67 bits per heavy atom. The number of hydrogen-bond acceptors (Lipinski definition) is 4. The number of nitrogen functional groups attached to an aromatic ring is 1. The van der Waals surface area contributed by atoms with Gasteiger partial charge in [0.2, 0.25) is 5.91 Å². The molecule has 21 heavy (non-hydrogen) atoms. The molecule has 1 aromatic carbocycles. The molecule has 0 aliphatic rings. The quantitative estimate of drug-likeness (QED) is 0.852. The van der Waals surface area contributed by atoms with Crippen molar-refractivity contribution >= 4 is 28.6 Å². The number of rotatable bonds is 4. The van der Waals surface area contributed by atoms with Crippen molar-refractivity contribution in [2.75, 3.05) is 11.1 Å². The van der Waals surface area contributed by atoms with Crippen molar-refractivity contribution in [1.82, 2.24) is 4.57 Å². The third-order valence-electron chi connectivity index (χ3n) is 3.47. The van der Waals surface area contributed by atoms with Crippen molar-refractivity contribution in [3.63, 3.8) is 0 Å². The Balaban J connectivity index is 2.02. The van der Waals surface area contributed by atoms with Crippen LogP contribution in [-0.2, 0) is 11.3 Å². The van der Waals surface area contributed by atoms with Gasteiger partial charge in [-0.1, -0.05) is 17.4 Å². The zero-order chi connectivity index (χ0) is 15.6. The van der Waals surface area contributed by atoms with Crippen molar-refractivity contribution in [3.05, 3.63) is 44.0 Å². The maximum absolute atomic E-state index is 12.0. The molecule has 0 unspecified atom stereocenters. The molecule has 1 aromatic heterocycles. The van der Waals surface area contributed by atoms with Gasteiger partial charge in [-0.25, -0.2) is 0 Å². The SMILES string of the molecule is Cc1ccc(N)cc1NC(=O)CCn1c(C)c(C)sc1=O. The summed E-state index contributed by atoms with van der Waals surface area (Å²) in [5.41, 5.74) is 8.92. The lowest BCUT2D eigenvalue weighted by Crippen LogP contribution is -2.20. The van der Waals surface area contributed by atoms with Gasteiger partial charge in [-0.2, -0.15) is 0 Å². The molecule has 0 atom stereocenters. The molecule has 0 saturated carbocycles. The molecule has 0 spiro atoms. The summed E-state index contributed by atoms with van der Waals surface area (Å²) in [6.45, 7) is 6.11. The van der Waals surface area contributed by atoms with E-state index in [1.165, 1.54) is 11.3 Å². The highest BCUT2D eigenvalue weighted by molar-refractivity contribution is 7.09. The molecule has 2 aromatic rings. The number of carbonyl (C=O) groups excluding carboxylic acids is 1. The molecule has 2 rings (SSSR count).